The number of halogens is 2. The highest BCUT2D eigenvalue weighted by atomic mass is 35.5. The predicted octanol–water partition coefficient (Wildman–Crippen LogP) is 3.72. The summed E-state index contributed by atoms with van der Waals surface area (Å²) in [4.78, 5) is 4.29. The minimum atomic E-state index is -0.574. The molecule has 3 nitrogen and oxygen atoms in total. The van der Waals surface area contributed by atoms with E-state index < -0.39 is 6.10 Å². The molecule has 2 N–H and O–H groups in total. The smallest absolute Gasteiger partial charge is 0.0950 e. The quantitative estimate of drug-likeness (QED) is 0.888. The number of fused-ring (bicyclic) bond motifs is 1. The molecule has 1 aromatic heterocycles. The number of aromatic nitrogens is 1. The van der Waals surface area contributed by atoms with E-state index in [4.69, 9.17) is 23.2 Å². The van der Waals surface area contributed by atoms with E-state index in [0.717, 1.165) is 36.8 Å². The third kappa shape index (κ3) is 2.63. The second kappa shape index (κ2) is 5.86. The normalized spacial score (nSPS) is 21.1. The molecule has 0 amide bonds. The SMILES string of the molecule is O[C@H](c1ccnc2c(Cl)cc(Cl)cc12)[C@@H]1CCCCN1. The van der Waals surface area contributed by atoms with Crippen molar-refractivity contribution in [1.82, 2.24) is 10.3 Å². The van der Waals surface area contributed by atoms with Crippen molar-refractivity contribution >= 4 is 34.1 Å². The molecule has 0 spiro atoms. The second-order valence-electron chi connectivity index (χ2n) is 5.19. The average molecular weight is 311 g/mol. The predicted molar refractivity (Wildman–Crippen MR) is 82.4 cm³/mol. The Balaban J connectivity index is 2.06. The Morgan fingerprint density at radius 1 is 1.30 bits per heavy atom. The molecule has 0 saturated carbocycles. The van der Waals surface area contributed by atoms with Gasteiger partial charge < -0.3 is 10.4 Å². The molecular weight excluding hydrogens is 295 g/mol. The molecule has 0 unspecified atom stereocenters. The Morgan fingerprint density at radius 2 is 2.15 bits per heavy atom. The van der Waals surface area contributed by atoms with Crippen molar-refractivity contribution < 1.29 is 5.11 Å². The number of nitrogens with one attached hydrogen (secondary N) is 1. The third-order valence-corrected chi connectivity index (χ3v) is 4.35. The molecule has 0 bridgehead atoms. The van der Waals surface area contributed by atoms with Crippen LogP contribution in [0.3, 0.4) is 0 Å². The van der Waals surface area contributed by atoms with Crippen LogP contribution in [0.15, 0.2) is 24.4 Å². The van der Waals surface area contributed by atoms with Crippen LogP contribution in [0.2, 0.25) is 10.0 Å². The van der Waals surface area contributed by atoms with Crippen molar-refractivity contribution in [2.24, 2.45) is 0 Å². The molecule has 106 valence electrons. The second-order valence-corrected chi connectivity index (χ2v) is 6.03. The number of hydrogen-bond acceptors (Lipinski definition) is 3. The Kier molecular flexibility index (Phi) is 4.13. The monoisotopic (exact) mass is 310 g/mol. The lowest BCUT2D eigenvalue weighted by Gasteiger charge is -2.28. The molecule has 20 heavy (non-hydrogen) atoms. The number of benzene rings is 1. The van der Waals surface area contributed by atoms with Gasteiger partial charge in [-0.25, -0.2) is 0 Å². The first kappa shape index (κ1) is 14.1. The number of rotatable bonds is 2. The molecule has 5 heteroatoms. The molecular formula is C15H16Cl2N2O. The van der Waals surface area contributed by atoms with E-state index in [0.29, 0.717) is 15.6 Å². The van der Waals surface area contributed by atoms with Gasteiger partial charge in [-0.3, -0.25) is 4.98 Å². The van der Waals surface area contributed by atoms with Crippen molar-refractivity contribution in [3.8, 4) is 0 Å². The molecule has 1 aromatic carbocycles. The first-order chi connectivity index (χ1) is 9.66. The van der Waals surface area contributed by atoms with Gasteiger partial charge in [-0.2, -0.15) is 0 Å². The zero-order valence-corrected chi connectivity index (χ0v) is 12.5. The molecule has 0 radical (unpaired) electrons. The largest absolute Gasteiger partial charge is 0.387 e. The number of pyridine rings is 1. The van der Waals surface area contributed by atoms with Gasteiger partial charge in [-0.05, 0) is 43.1 Å². The lowest BCUT2D eigenvalue weighted by Crippen LogP contribution is -2.38. The first-order valence-corrected chi connectivity index (χ1v) is 7.57. The zero-order valence-electron chi connectivity index (χ0n) is 10.9. The van der Waals surface area contributed by atoms with Crippen LogP contribution >= 0.6 is 23.2 Å². The molecule has 3 rings (SSSR count). The van der Waals surface area contributed by atoms with Crippen molar-refractivity contribution in [2.45, 2.75) is 31.4 Å². The van der Waals surface area contributed by atoms with Gasteiger partial charge in [0.2, 0.25) is 0 Å². The number of nitrogens with zero attached hydrogens (tertiary/aromatic N) is 1. The van der Waals surface area contributed by atoms with Crippen LogP contribution in [0, 0.1) is 0 Å². The van der Waals surface area contributed by atoms with Crippen LogP contribution < -0.4 is 5.32 Å². The van der Waals surface area contributed by atoms with Crippen molar-refractivity contribution in [2.75, 3.05) is 6.54 Å². The van der Waals surface area contributed by atoms with Crippen molar-refractivity contribution in [3.05, 3.63) is 40.0 Å². The van der Waals surface area contributed by atoms with Crippen molar-refractivity contribution in [1.29, 1.82) is 0 Å². The van der Waals surface area contributed by atoms with Gasteiger partial charge in [0.05, 0.1) is 16.6 Å². The molecule has 2 heterocycles. The van der Waals surface area contributed by atoms with Gasteiger partial charge in [0.1, 0.15) is 0 Å². The van der Waals surface area contributed by atoms with E-state index in [1.54, 1.807) is 12.3 Å². The molecule has 2 aromatic rings. The van der Waals surface area contributed by atoms with Gasteiger partial charge in [-0.15, -0.1) is 0 Å². The van der Waals surface area contributed by atoms with E-state index in [-0.39, 0.29) is 6.04 Å². The molecule has 0 aliphatic carbocycles. The lowest BCUT2D eigenvalue weighted by atomic mass is 9.93. The van der Waals surface area contributed by atoms with Gasteiger partial charge in [-0.1, -0.05) is 29.6 Å². The molecule has 2 atom stereocenters. The van der Waals surface area contributed by atoms with Crippen LogP contribution in [-0.4, -0.2) is 22.7 Å². The molecule has 1 aliphatic heterocycles. The molecule has 1 saturated heterocycles. The maximum absolute atomic E-state index is 10.6. The first-order valence-electron chi connectivity index (χ1n) is 6.82. The number of piperidine rings is 1. The Hall–Kier alpha value is -0.870. The van der Waals surface area contributed by atoms with E-state index in [2.05, 4.69) is 10.3 Å². The maximum atomic E-state index is 10.6. The highest BCUT2D eigenvalue weighted by Crippen LogP contribution is 2.33. The minimum absolute atomic E-state index is 0.0760. The van der Waals surface area contributed by atoms with E-state index in [1.807, 2.05) is 12.1 Å². The topological polar surface area (TPSA) is 45.2 Å². The summed E-state index contributed by atoms with van der Waals surface area (Å²) in [5.41, 5.74) is 1.52. The maximum Gasteiger partial charge on any atom is 0.0950 e. The Bertz CT molecular complexity index is 627. The van der Waals surface area contributed by atoms with Gasteiger partial charge in [0.15, 0.2) is 0 Å². The molecule has 1 aliphatic rings. The fourth-order valence-corrected chi connectivity index (χ4v) is 3.36. The summed E-state index contributed by atoms with van der Waals surface area (Å²) < 4.78 is 0. The summed E-state index contributed by atoms with van der Waals surface area (Å²) in [6.45, 7) is 0.951. The van der Waals surface area contributed by atoms with Crippen LogP contribution in [0.25, 0.3) is 10.9 Å². The van der Waals surface area contributed by atoms with Crippen LogP contribution in [0.1, 0.15) is 30.9 Å². The third-order valence-electron chi connectivity index (χ3n) is 3.85. The van der Waals surface area contributed by atoms with Crippen molar-refractivity contribution in [3.63, 3.8) is 0 Å². The highest BCUT2D eigenvalue weighted by Gasteiger charge is 2.24. The van der Waals surface area contributed by atoms with E-state index in [9.17, 15) is 5.11 Å². The number of aliphatic hydroxyl groups is 1. The lowest BCUT2D eigenvalue weighted by molar-refractivity contribution is 0.115. The Labute approximate surface area is 127 Å². The summed E-state index contributed by atoms with van der Waals surface area (Å²) in [5.74, 6) is 0. The van der Waals surface area contributed by atoms with E-state index >= 15 is 0 Å². The van der Waals surface area contributed by atoms with Gasteiger partial charge in [0, 0.05) is 22.6 Å². The van der Waals surface area contributed by atoms with Gasteiger partial charge in [0.25, 0.3) is 0 Å². The fourth-order valence-electron chi connectivity index (χ4n) is 2.82. The average Bonchev–Trinajstić information content (AvgIpc) is 2.47. The summed E-state index contributed by atoms with van der Waals surface area (Å²) in [6, 6.07) is 5.41. The highest BCUT2D eigenvalue weighted by molar-refractivity contribution is 6.38. The van der Waals surface area contributed by atoms with Gasteiger partial charge >= 0.3 is 0 Å². The van der Waals surface area contributed by atoms with Crippen LogP contribution in [-0.2, 0) is 0 Å². The number of hydrogen-bond donors (Lipinski definition) is 2. The van der Waals surface area contributed by atoms with E-state index in [1.165, 1.54) is 0 Å². The summed E-state index contributed by atoms with van der Waals surface area (Å²) in [5, 5.41) is 15.9. The number of aliphatic hydroxyl groups excluding tert-OH is 1. The molecule has 1 fully saturated rings. The van der Waals surface area contributed by atoms with Crippen LogP contribution in [0.4, 0.5) is 0 Å². The summed E-state index contributed by atoms with van der Waals surface area (Å²) in [6.07, 6.45) is 4.38. The zero-order chi connectivity index (χ0) is 14.1. The van der Waals surface area contributed by atoms with Crippen LogP contribution in [0.5, 0.6) is 0 Å². The summed E-state index contributed by atoms with van der Waals surface area (Å²) >= 11 is 12.3. The standard InChI is InChI=1S/C15H16Cl2N2O/c16-9-7-11-10(4-6-19-14(11)12(17)8-9)15(20)13-3-1-2-5-18-13/h4,6-8,13,15,18,20H,1-3,5H2/t13-,15+/m0/s1. The Morgan fingerprint density at radius 3 is 2.90 bits per heavy atom. The minimum Gasteiger partial charge on any atom is -0.387 e. The summed E-state index contributed by atoms with van der Waals surface area (Å²) in [7, 11) is 0. The fraction of sp³-hybridized carbons (Fsp3) is 0.400.